The standard InChI is InChI=1S/C7H15NO2.H2O/c1-8-3-5-10-7(6-8)2-4-9;/h7,9H,2-6H2,1H3;1H2. The lowest BCUT2D eigenvalue weighted by Crippen LogP contribution is -2.40. The molecule has 0 spiro atoms. The predicted molar refractivity (Wildman–Crippen MR) is 42.6 cm³/mol. The molecule has 1 heterocycles. The smallest absolute Gasteiger partial charge is 0.0724 e. The van der Waals surface area contributed by atoms with Crippen molar-refractivity contribution in [3.63, 3.8) is 0 Å². The van der Waals surface area contributed by atoms with Crippen LogP contribution in [-0.2, 0) is 4.74 Å². The highest BCUT2D eigenvalue weighted by Crippen LogP contribution is 2.05. The fourth-order valence-electron chi connectivity index (χ4n) is 1.19. The molecule has 1 fully saturated rings. The summed E-state index contributed by atoms with van der Waals surface area (Å²) in [4.78, 5) is 2.23. The second kappa shape index (κ2) is 5.49. The van der Waals surface area contributed by atoms with E-state index in [4.69, 9.17) is 9.84 Å². The van der Waals surface area contributed by atoms with Gasteiger partial charge in [0.15, 0.2) is 0 Å². The highest BCUT2D eigenvalue weighted by molar-refractivity contribution is 4.67. The SMILES string of the molecule is CN1CCOC(CCO)C1.O. The monoisotopic (exact) mass is 163 g/mol. The van der Waals surface area contributed by atoms with Gasteiger partial charge in [0, 0.05) is 19.7 Å². The van der Waals surface area contributed by atoms with Crippen LogP contribution in [0.2, 0.25) is 0 Å². The molecule has 1 aliphatic rings. The molecule has 0 aromatic rings. The fourth-order valence-corrected chi connectivity index (χ4v) is 1.19. The van der Waals surface area contributed by atoms with Gasteiger partial charge in [-0.3, -0.25) is 0 Å². The van der Waals surface area contributed by atoms with E-state index >= 15 is 0 Å². The van der Waals surface area contributed by atoms with Crippen LogP contribution >= 0.6 is 0 Å². The van der Waals surface area contributed by atoms with Gasteiger partial charge in [-0.25, -0.2) is 0 Å². The molecule has 0 amide bonds. The summed E-state index contributed by atoms with van der Waals surface area (Å²) < 4.78 is 5.39. The summed E-state index contributed by atoms with van der Waals surface area (Å²) in [7, 11) is 2.08. The van der Waals surface area contributed by atoms with Crippen LogP contribution in [0.4, 0.5) is 0 Å². The van der Waals surface area contributed by atoms with Gasteiger partial charge in [-0.15, -0.1) is 0 Å². The number of hydrogen-bond donors (Lipinski definition) is 1. The molecule has 0 aromatic carbocycles. The molecule has 4 heteroatoms. The van der Waals surface area contributed by atoms with Gasteiger partial charge < -0.3 is 20.2 Å². The molecule has 1 unspecified atom stereocenters. The zero-order valence-electron chi connectivity index (χ0n) is 6.92. The van der Waals surface area contributed by atoms with E-state index in [0.29, 0.717) is 0 Å². The average Bonchev–Trinajstić information content (AvgIpc) is 1.88. The first-order chi connectivity index (χ1) is 4.83. The lowest BCUT2D eigenvalue weighted by atomic mass is 10.2. The van der Waals surface area contributed by atoms with Crippen LogP contribution in [0.3, 0.4) is 0 Å². The van der Waals surface area contributed by atoms with E-state index in [9.17, 15) is 0 Å². The van der Waals surface area contributed by atoms with Crippen LogP contribution in [0.15, 0.2) is 0 Å². The molecule has 0 radical (unpaired) electrons. The molecule has 1 rings (SSSR count). The Kier molecular flexibility index (Phi) is 5.41. The van der Waals surface area contributed by atoms with Crippen molar-refractivity contribution in [1.29, 1.82) is 0 Å². The Bertz CT molecular complexity index is 97.7. The molecule has 0 aromatic heterocycles. The fraction of sp³-hybridized carbons (Fsp3) is 1.00. The van der Waals surface area contributed by atoms with Crippen molar-refractivity contribution >= 4 is 0 Å². The molecule has 1 atom stereocenters. The summed E-state index contributed by atoms with van der Waals surface area (Å²) in [5.74, 6) is 0. The van der Waals surface area contributed by atoms with E-state index in [-0.39, 0.29) is 18.2 Å². The zero-order chi connectivity index (χ0) is 7.40. The number of likely N-dealkylation sites (N-methyl/N-ethyl adjacent to an activating group) is 1. The Balaban J connectivity index is 0.000001000. The van der Waals surface area contributed by atoms with Crippen LogP contribution in [0, 0.1) is 0 Å². The topological polar surface area (TPSA) is 64.2 Å². The van der Waals surface area contributed by atoms with Gasteiger partial charge in [0.1, 0.15) is 0 Å². The molecular weight excluding hydrogens is 146 g/mol. The van der Waals surface area contributed by atoms with Crippen molar-refractivity contribution in [2.24, 2.45) is 0 Å². The summed E-state index contributed by atoms with van der Waals surface area (Å²) in [6, 6.07) is 0. The molecule has 3 N–H and O–H groups in total. The van der Waals surface area contributed by atoms with E-state index < -0.39 is 0 Å². The molecule has 68 valence electrons. The molecule has 4 nitrogen and oxygen atoms in total. The normalized spacial score (nSPS) is 26.2. The predicted octanol–water partition coefficient (Wildman–Crippen LogP) is -1.13. The van der Waals surface area contributed by atoms with Crippen molar-refractivity contribution in [2.45, 2.75) is 12.5 Å². The molecule has 0 bridgehead atoms. The van der Waals surface area contributed by atoms with Crippen molar-refractivity contribution < 1.29 is 15.3 Å². The Morgan fingerprint density at radius 3 is 2.91 bits per heavy atom. The largest absolute Gasteiger partial charge is 0.412 e. The number of rotatable bonds is 2. The van der Waals surface area contributed by atoms with Gasteiger partial charge in [0.2, 0.25) is 0 Å². The molecular formula is C7H17NO3. The Morgan fingerprint density at radius 1 is 1.64 bits per heavy atom. The zero-order valence-corrected chi connectivity index (χ0v) is 6.92. The van der Waals surface area contributed by atoms with Gasteiger partial charge in [-0.1, -0.05) is 0 Å². The molecule has 0 aliphatic carbocycles. The summed E-state index contributed by atoms with van der Waals surface area (Å²) in [5, 5.41) is 8.61. The van der Waals surface area contributed by atoms with Crippen LogP contribution in [0.5, 0.6) is 0 Å². The van der Waals surface area contributed by atoms with Crippen molar-refractivity contribution in [3.8, 4) is 0 Å². The van der Waals surface area contributed by atoms with E-state index in [1.54, 1.807) is 0 Å². The summed E-state index contributed by atoms with van der Waals surface area (Å²) in [6.45, 7) is 3.02. The van der Waals surface area contributed by atoms with Crippen molar-refractivity contribution in [3.05, 3.63) is 0 Å². The molecule has 11 heavy (non-hydrogen) atoms. The van der Waals surface area contributed by atoms with Crippen LogP contribution in [0.25, 0.3) is 0 Å². The maximum absolute atomic E-state index is 8.61. The van der Waals surface area contributed by atoms with E-state index in [1.165, 1.54) is 0 Å². The van der Waals surface area contributed by atoms with E-state index in [1.807, 2.05) is 0 Å². The number of hydrogen-bond acceptors (Lipinski definition) is 3. The van der Waals surface area contributed by atoms with Crippen LogP contribution in [-0.4, -0.2) is 54.9 Å². The quantitative estimate of drug-likeness (QED) is 0.560. The minimum atomic E-state index is 0. The number of aliphatic hydroxyl groups is 1. The van der Waals surface area contributed by atoms with Crippen LogP contribution < -0.4 is 0 Å². The minimum Gasteiger partial charge on any atom is -0.412 e. The number of nitrogens with zero attached hydrogens (tertiary/aromatic N) is 1. The first kappa shape index (κ1) is 10.8. The summed E-state index contributed by atoms with van der Waals surface area (Å²) >= 11 is 0. The van der Waals surface area contributed by atoms with Crippen LogP contribution in [0.1, 0.15) is 6.42 Å². The van der Waals surface area contributed by atoms with Gasteiger partial charge in [0.05, 0.1) is 12.7 Å². The third kappa shape index (κ3) is 3.67. The number of aliphatic hydroxyl groups excluding tert-OH is 1. The number of ether oxygens (including phenoxy) is 1. The van der Waals surface area contributed by atoms with Gasteiger partial charge in [0.25, 0.3) is 0 Å². The second-order valence-electron chi connectivity index (χ2n) is 2.77. The molecule has 1 saturated heterocycles. The van der Waals surface area contributed by atoms with Crippen molar-refractivity contribution in [2.75, 3.05) is 33.4 Å². The lowest BCUT2D eigenvalue weighted by Gasteiger charge is -2.29. The average molecular weight is 163 g/mol. The first-order valence-corrected chi connectivity index (χ1v) is 3.74. The third-order valence-electron chi connectivity index (χ3n) is 1.79. The Morgan fingerprint density at radius 2 is 2.36 bits per heavy atom. The highest BCUT2D eigenvalue weighted by atomic mass is 16.5. The van der Waals surface area contributed by atoms with E-state index in [2.05, 4.69) is 11.9 Å². The first-order valence-electron chi connectivity index (χ1n) is 3.74. The van der Waals surface area contributed by atoms with Gasteiger partial charge in [-0.05, 0) is 13.5 Å². The third-order valence-corrected chi connectivity index (χ3v) is 1.79. The van der Waals surface area contributed by atoms with Gasteiger partial charge >= 0.3 is 0 Å². The molecule has 0 saturated carbocycles. The highest BCUT2D eigenvalue weighted by Gasteiger charge is 2.16. The molecule has 1 aliphatic heterocycles. The number of morpholine rings is 1. The second-order valence-corrected chi connectivity index (χ2v) is 2.77. The minimum absolute atomic E-state index is 0. The maximum atomic E-state index is 8.61. The summed E-state index contributed by atoms with van der Waals surface area (Å²) in [6.07, 6.45) is 1.02. The van der Waals surface area contributed by atoms with Crippen molar-refractivity contribution in [1.82, 2.24) is 4.90 Å². The Labute approximate surface area is 67.1 Å². The van der Waals surface area contributed by atoms with Gasteiger partial charge in [-0.2, -0.15) is 0 Å². The maximum Gasteiger partial charge on any atom is 0.0724 e. The Hall–Kier alpha value is -0.160. The lowest BCUT2D eigenvalue weighted by molar-refractivity contribution is -0.0297. The van der Waals surface area contributed by atoms with E-state index in [0.717, 1.165) is 26.1 Å². The summed E-state index contributed by atoms with van der Waals surface area (Å²) in [5.41, 5.74) is 0.